The summed E-state index contributed by atoms with van der Waals surface area (Å²) >= 11 is 0. The molecule has 0 saturated carbocycles. The molecule has 0 amide bonds. The molecule has 0 saturated heterocycles. The van der Waals surface area contributed by atoms with E-state index < -0.39 is 0 Å². The van der Waals surface area contributed by atoms with Crippen LogP contribution in [0.3, 0.4) is 0 Å². The van der Waals surface area contributed by atoms with E-state index in [0.29, 0.717) is 5.92 Å². The van der Waals surface area contributed by atoms with Gasteiger partial charge in [0, 0.05) is 32.6 Å². The standard InChI is InChI=1S/C46H36N2/c1-2-11-31(12-3-1)32-21-25-36(26-22-32)47-43-18-8-6-16-38(43)40-29-34(23-27-45(40)47)35-24-28-46-41(30-35)39-17-7-9-19-44(39)48(46)42-20-10-14-33-13-4-5-15-37(33)42/h1-2,4-10,13-21,23-25,27-31H,3,11-12,22,26H2. The number of benzene rings is 6. The fourth-order valence-electron chi connectivity index (χ4n) is 8.58. The van der Waals surface area contributed by atoms with Gasteiger partial charge in [0.1, 0.15) is 0 Å². The molecule has 1 unspecified atom stereocenters. The molecule has 2 heterocycles. The van der Waals surface area contributed by atoms with E-state index >= 15 is 0 Å². The Kier molecular flexibility index (Phi) is 6.30. The summed E-state index contributed by atoms with van der Waals surface area (Å²) in [7, 11) is 0. The zero-order valence-electron chi connectivity index (χ0n) is 26.9. The van der Waals surface area contributed by atoms with Crippen LogP contribution in [0.25, 0.3) is 76.9 Å². The quantitative estimate of drug-likeness (QED) is 0.174. The maximum atomic E-state index is 2.52. The van der Waals surface area contributed by atoms with Gasteiger partial charge in [-0.2, -0.15) is 0 Å². The Labute approximate surface area is 280 Å². The number of allylic oxidation sites excluding steroid dienone is 6. The molecule has 10 rings (SSSR count). The Morgan fingerprint density at radius 2 is 1.10 bits per heavy atom. The van der Waals surface area contributed by atoms with Crippen molar-refractivity contribution >= 4 is 60.1 Å². The van der Waals surface area contributed by atoms with E-state index in [0.717, 1.165) is 12.8 Å². The summed E-state index contributed by atoms with van der Waals surface area (Å²) in [5.74, 6) is 0.715. The summed E-state index contributed by atoms with van der Waals surface area (Å²) in [5, 5.41) is 7.71. The van der Waals surface area contributed by atoms with Gasteiger partial charge in [0.15, 0.2) is 0 Å². The van der Waals surface area contributed by atoms with Crippen molar-refractivity contribution in [2.24, 2.45) is 5.92 Å². The average molecular weight is 617 g/mol. The maximum Gasteiger partial charge on any atom is 0.0541 e. The topological polar surface area (TPSA) is 9.86 Å². The maximum absolute atomic E-state index is 2.52. The largest absolute Gasteiger partial charge is 0.313 e. The molecule has 2 nitrogen and oxygen atoms in total. The van der Waals surface area contributed by atoms with E-state index in [1.807, 2.05) is 0 Å². The van der Waals surface area contributed by atoms with Crippen molar-refractivity contribution in [3.63, 3.8) is 0 Å². The third-order valence-electron chi connectivity index (χ3n) is 10.9. The van der Waals surface area contributed by atoms with Crippen molar-refractivity contribution in [1.29, 1.82) is 0 Å². The minimum atomic E-state index is 0.715. The monoisotopic (exact) mass is 616 g/mol. The zero-order valence-corrected chi connectivity index (χ0v) is 26.9. The van der Waals surface area contributed by atoms with E-state index in [9.17, 15) is 0 Å². The van der Waals surface area contributed by atoms with Crippen molar-refractivity contribution < 1.29 is 0 Å². The van der Waals surface area contributed by atoms with Gasteiger partial charge < -0.3 is 9.13 Å². The first-order valence-corrected chi connectivity index (χ1v) is 17.4. The number of para-hydroxylation sites is 2. The Morgan fingerprint density at radius 3 is 1.79 bits per heavy atom. The Hall–Kier alpha value is -5.60. The van der Waals surface area contributed by atoms with E-state index in [1.165, 1.54) is 96.2 Å². The van der Waals surface area contributed by atoms with E-state index in [2.05, 4.69) is 161 Å². The zero-order chi connectivity index (χ0) is 31.6. The molecule has 230 valence electrons. The van der Waals surface area contributed by atoms with E-state index in [4.69, 9.17) is 0 Å². The third-order valence-corrected chi connectivity index (χ3v) is 10.9. The number of fused-ring (bicyclic) bond motifs is 7. The van der Waals surface area contributed by atoms with Crippen LogP contribution in [0.4, 0.5) is 0 Å². The number of rotatable bonds is 4. The molecular weight excluding hydrogens is 581 g/mol. The molecular formula is C46H36N2. The Morgan fingerprint density at radius 1 is 0.479 bits per heavy atom. The van der Waals surface area contributed by atoms with Crippen molar-refractivity contribution in [3.05, 3.63) is 157 Å². The van der Waals surface area contributed by atoms with Crippen LogP contribution in [0.5, 0.6) is 0 Å². The average Bonchev–Trinajstić information content (AvgIpc) is 3.67. The lowest BCUT2D eigenvalue weighted by Crippen LogP contribution is -2.10. The molecule has 0 bridgehead atoms. The molecule has 0 N–H and O–H groups in total. The smallest absolute Gasteiger partial charge is 0.0541 e. The van der Waals surface area contributed by atoms with Crippen LogP contribution in [-0.2, 0) is 0 Å². The van der Waals surface area contributed by atoms with Crippen LogP contribution in [0.1, 0.15) is 32.1 Å². The van der Waals surface area contributed by atoms with Crippen LogP contribution in [-0.4, -0.2) is 9.13 Å². The first kappa shape index (κ1) is 27.5. The summed E-state index contributed by atoms with van der Waals surface area (Å²) < 4.78 is 4.96. The molecule has 0 fully saturated rings. The summed E-state index contributed by atoms with van der Waals surface area (Å²) in [5.41, 5.74) is 11.8. The predicted molar refractivity (Wildman–Crippen MR) is 205 cm³/mol. The van der Waals surface area contributed by atoms with Gasteiger partial charge >= 0.3 is 0 Å². The second-order valence-electron chi connectivity index (χ2n) is 13.5. The van der Waals surface area contributed by atoms with Gasteiger partial charge in [-0.05, 0) is 103 Å². The normalized spacial score (nSPS) is 16.7. The lowest BCUT2D eigenvalue weighted by molar-refractivity contribution is 0.533. The third kappa shape index (κ3) is 4.26. The van der Waals surface area contributed by atoms with Crippen LogP contribution in [0.15, 0.2) is 157 Å². The highest BCUT2D eigenvalue weighted by Crippen LogP contribution is 2.41. The molecule has 1 atom stereocenters. The minimum Gasteiger partial charge on any atom is -0.313 e. The van der Waals surface area contributed by atoms with Crippen molar-refractivity contribution in [1.82, 2.24) is 9.13 Å². The fraction of sp³-hybridized carbons (Fsp3) is 0.130. The van der Waals surface area contributed by atoms with Gasteiger partial charge in [-0.25, -0.2) is 0 Å². The van der Waals surface area contributed by atoms with Gasteiger partial charge in [-0.1, -0.05) is 109 Å². The van der Waals surface area contributed by atoms with Crippen LogP contribution >= 0.6 is 0 Å². The molecule has 48 heavy (non-hydrogen) atoms. The molecule has 0 radical (unpaired) electrons. The molecule has 2 aromatic heterocycles. The number of nitrogens with zero attached hydrogens (tertiary/aromatic N) is 2. The van der Waals surface area contributed by atoms with Gasteiger partial charge in [0.25, 0.3) is 0 Å². The summed E-state index contributed by atoms with van der Waals surface area (Å²) in [6.45, 7) is 0. The minimum absolute atomic E-state index is 0.715. The van der Waals surface area contributed by atoms with Crippen molar-refractivity contribution in [2.75, 3.05) is 0 Å². The first-order chi connectivity index (χ1) is 23.8. The highest BCUT2D eigenvalue weighted by atomic mass is 15.0. The SMILES string of the molecule is C1=CCC(C2=CC=C(n3c4ccccc4c4cc(-c5ccc6c(c5)c5ccccc5n6-c5cccc6ccccc56)ccc43)CC2)CC1. The molecule has 6 aromatic carbocycles. The lowest BCUT2D eigenvalue weighted by Gasteiger charge is -2.25. The highest BCUT2D eigenvalue weighted by Gasteiger charge is 2.21. The van der Waals surface area contributed by atoms with Gasteiger partial charge in [0.05, 0.1) is 27.8 Å². The number of aromatic nitrogens is 2. The van der Waals surface area contributed by atoms with Crippen LogP contribution in [0.2, 0.25) is 0 Å². The molecule has 0 spiro atoms. The summed E-state index contributed by atoms with van der Waals surface area (Å²) in [6.07, 6.45) is 15.5. The second kappa shape index (κ2) is 11.0. The van der Waals surface area contributed by atoms with Gasteiger partial charge in [-0.15, -0.1) is 0 Å². The van der Waals surface area contributed by atoms with Crippen LogP contribution < -0.4 is 0 Å². The molecule has 2 aliphatic carbocycles. The van der Waals surface area contributed by atoms with Gasteiger partial charge in [0.2, 0.25) is 0 Å². The predicted octanol–water partition coefficient (Wildman–Crippen LogP) is 12.6. The Balaban J connectivity index is 1.11. The number of hydrogen-bond acceptors (Lipinski definition) is 0. The first-order valence-electron chi connectivity index (χ1n) is 17.4. The summed E-state index contributed by atoms with van der Waals surface area (Å²) in [4.78, 5) is 0. The van der Waals surface area contributed by atoms with E-state index in [1.54, 1.807) is 5.57 Å². The molecule has 0 aliphatic heterocycles. The highest BCUT2D eigenvalue weighted by molar-refractivity contribution is 6.13. The fourth-order valence-corrected chi connectivity index (χ4v) is 8.58. The van der Waals surface area contributed by atoms with Gasteiger partial charge in [-0.3, -0.25) is 0 Å². The Bertz CT molecular complexity index is 2650. The van der Waals surface area contributed by atoms with Crippen molar-refractivity contribution in [2.45, 2.75) is 32.1 Å². The number of hydrogen-bond donors (Lipinski definition) is 0. The second-order valence-corrected chi connectivity index (χ2v) is 13.5. The van der Waals surface area contributed by atoms with Crippen LogP contribution in [0, 0.1) is 5.92 Å². The van der Waals surface area contributed by atoms with E-state index in [-0.39, 0.29) is 0 Å². The lowest BCUT2D eigenvalue weighted by atomic mass is 9.83. The molecule has 2 aliphatic rings. The summed E-state index contributed by atoms with van der Waals surface area (Å²) in [6, 6.07) is 47.2. The van der Waals surface area contributed by atoms with Crippen molar-refractivity contribution in [3.8, 4) is 16.8 Å². The molecule has 2 heteroatoms. The molecule has 8 aromatic rings.